The number of benzene rings is 1. The first-order valence-electron chi connectivity index (χ1n) is 9.65. The average Bonchev–Trinajstić information content (AvgIpc) is 3.07. The van der Waals surface area contributed by atoms with E-state index >= 15 is 0 Å². The molecule has 1 aromatic rings. The summed E-state index contributed by atoms with van der Waals surface area (Å²) in [4.78, 5) is 36.8. The minimum absolute atomic E-state index is 0.0460. The van der Waals surface area contributed by atoms with Crippen LogP contribution in [0.1, 0.15) is 31.7 Å². The van der Waals surface area contributed by atoms with Crippen LogP contribution in [0.2, 0.25) is 0 Å². The van der Waals surface area contributed by atoms with Crippen LogP contribution in [0.3, 0.4) is 0 Å². The van der Waals surface area contributed by atoms with E-state index in [2.05, 4.69) is 10.4 Å². The van der Waals surface area contributed by atoms with Crippen LogP contribution in [-0.4, -0.2) is 60.6 Å². The van der Waals surface area contributed by atoms with Gasteiger partial charge in [-0.15, -0.1) is 0 Å². The highest BCUT2D eigenvalue weighted by Gasteiger charge is 2.38. The molecule has 0 spiro atoms. The molecule has 9 nitrogen and oxygen atoms in total. The zero-order valence-corrected chi connectivity index (χ0v) is 17.7. The largest absolute Gasteiger partial charge is 0.448 e. The lowest BCUT2D eigenvalue weighted by Gasteiger charge is -2.27. The number of carbonyl (C=O) groups excluding carboxylic acids is 3. The van der Waals surface area contributed by atoms with E-state index in [0.29, 0.717) is 0 Å². The Balaban J connectivity index is 1.64. The van der Waals surface area contributed by atoms with Crippen LogP contribution in [0, 0.1) is 0 Å². The molecule has 0 aromatic heterocycles. The number of anilines is 1. The number of halogens is 3. The zero-order chi connectivity index (χ0) is 23.7. The minimum atomic E-state index is -4.58. The standard InChI is InChI=1S/C19H20F3N3O6S/c1-11(17(27)23-13-4-2-3-12(9-13)19(20,21)22)31-18(28)15-5-6-16(26)25(24-15)14-7-8-32(29,30)10-14/h2-4,9,11,14H,5-8,10H2,1H3,(H,23,27)/t11-,14-/m1/s1. The van der Waals surface area contributed by atoms with Gasteiger partial charge in [-0.05, 0) is 31.5 Å². The highest BCUT2D eigenvalue weighted by atomic mass is 32.2. The van der Waals surface area contributed by atoms with Gasteiger partial charge in [0.25, 0.3) is 5.91 Å². The Morgan fingerprint density at radius 1 is 1.28 bits per heavy atom. The molecule has 2 aliphatic rings. The quantitative estimate of drug-likeness (QED) is 0.648. The fourth-order valence-electron chi connectivity index (χ4n) is 3.27. The van der Waals surface area contributed by atoms with E-state index in [1.807, 2.05) is 0 Å². The molecule has 1 fully saturated rings. The Bertz CT molecular complexity index is 1070. The Kier molecular flexibility index (Phi) is 6.58. The molecule has 1 saturated heterocycles. The van der Waals surface area contributed by atoms with Crippen molar-refractivity contribution in [2.24, 2.45) is 5.10 Å². The van der Waals surface area contributed by atoms with Gasteiger partial charge in [-0.1, -0.05) is 6.07 Å². The fraction of sp³-hybridized carbons (Fsp3) is 0.474. The molecular weight excluding hydrogens is 455 g/mol. The average molecular weight is 475 g/mol. The molecule has 2 atom stereocenters. The summed E-state index contributed by atoms with van der Waals surface area (Å²) in [5.41, 5.74) is -1.22. The van der Waals surface area contributed by atoms with Crippen molar-refractivity contribution >= 4 is 39.0 Å². The maximum atomic E-state index is 12.8. The summed E-state index contributed by atoms with van der Waals surface area (Å²) < 4.78 is 66.8. The molecule has 13 heteroatoms. The molecule has 174 valence electrons. The molecule has 1 N–H and O–H groups in total. The third kappa shape index (κ3) is 5.64. The number of rotatable bonds is 5. The fourth-order valence-corrected chi connectivity index (χ4v) is 4.96. The smallest absolute Gasteiger partial charge is 0.416 e. The summed E-state index contributed by atoms with van der Waals surface area (Å²) in [5, 5.41) is 7.18. The third-order valence-electron chi connectivity index (χ3n) is 4.96. The normalized spacial score (nSPS) is 21.6. The van der Waals surface area contributed by atoms with Crippen molar-refractivity contribution in [3.8, 4) is 0 Å². The number of hydrogen-bond acceptors (Lipinski definition) is 7. The number of sulfone groups is 1. The molecular formula is C19H20F3N3O6S. The summed E-state index contributed by atoms with van der Waals surface area (Å²) in [7, 11) is -3.28. The molecule has 32 heavy (non-hydrogen) atoms. The Morgan fingerprint density at radius 2 is 2.00 bits per heavy atom. The predicted octanol–water partition coefficient (Wildman–Crippen LogP) is 1.74. The van der Waals surface area contributed by atoms with Crippen LogP contribution in [0.15, 0.2) is 29.4 Å². The predicted molar refractivity (Wildman–Crippen MR) is 106 cm³/mol. The number of nitrogens with one attached hydrogen (secondary N) is 1. The van der Waals surface area contributed by atoms with Gasteiger partial charge in [-0.3, -0.25) is 9.59 Å². The molecule has 1 aromatic carbocycles. The second-order valence-electron chi connectivity index (χ2n) is 7.46. The molecule has 0 aliphatic carbocycles. The van der Waals surface area contributed by atoms with Crippen molar-refractivity contribution < 1.29 is 40.7 Å². The summed E-state index contributed by atoms with van der Waals surface area (Å²) in [6.07, 6.45) is -5.86. The van der Waals surface area contributed by atoms with Gasteiger partial charge in [0.05, 0.1) is 23.1 Å². The minimum Gasteiger partial charge on any atom is -0.448 e. The second kappa shape index (κ2) is 8.88. The summed E-state index contributed by atoms with van der Waals surface area (Å²) in [5.74, 6) is -2.58. The molecule has 2 amide bonds. The summed E-state index contributed by atoms with van der Waals surface area (Å²) in [6.45, 7) is 1.23. The zero-order valence-electron chi connectivity index (χ0n) is 16.9. The van der Waals surface area contributed by atoms with Crippen molar-refractivity contribution in [2.75, 3.05) is 16.8 Å². The van der Waals surface area contributed by atoms with E-state index in [1.54, 1.807) is 0 Å². The van der Waals surface area contributed by atoms with Gasteiger partial charge in [0.2, 0.25) is 5.91 Å². The van der Waals surface area contributed by atoms with Crippen LogP contribution >= 0.6 is 0 Å². The molecule has 0 radical (unpaired) electrons. The van der Waals surface area contributed by atoms with E-state index in [0.717, 1.165) is 23.2 Å². The van der Waals surface area contributed by atoms with Crippen LogP contribution in [0.4, 0.5) is 18.9 Å². The van der Waals surface area contributed by atoms with Crippen molar-refractivity contribution in [1.29, 1.82) is 0 Å². The lowest BCUT2D eigenvalue weighted by atomic mass is 10.1. The number of ether oxygens (including phenoxy) is 1. The first-order chi connectivity index (χ1) is 14.9. The molecule has 0 saturated carbocycles. The second-order valence-corrected chi connectivity index (χ2v) is 9.69. The highest BCUT2D eigenvalue weighted by Crippen LogP contribution is 2.30. The van der Waals surface area contributed by atoms with E-state index in [4.69, 9.17) is 4.74 Å². The van der Waals surface area contributed by atoms with Crippen molar-refractivity contribution in [1.82, 2.24) is 5.01 Å². The van der Waals surface area contributed by atoms with Gasteiger partial charge in [-0.2, -0.15) is 18.3 Å². The summed E-state index contributed by atoms with van der Waals surface area (Å²) in [6, 6.07) is 3.31. The number of alkyl halides is 3. The SMILES string of the molecule is C[C@@H](OC(=O)C1=NN([C@@H]2CCS(=O)(=O)C2)C(=O)CC1)C(=O)Nc1cccc(C(F)(F)F)c1. The number of hydrogen-bond donors (Lipinski definition) is 1. The maximum absolute atomic E-state index is 12.8. The van der Waals surface area contributed by atoms with Crippen LogP contribution < -0.4 is 5.32 Å². The van der Waals surface area contributed by atoms with Crippen molar-refractivity contribution in [2.45, 2.75) is 44.5 Å². The van der Waals surface area contributed by atoms with Crippen LogP contribution in [0.5, 0.6) is 0 Å². The third-order valence-corrected chi connectivity index (χ3v) is 6.71. The lowest BCUT2D eigenvalue weighted by molar-refractivity contribution is -0.147. The highest BCUT2D eigenvalue weighted by molar-refractivity contribution is 7.91. The summed E-state index contributed by atoms with van der Waals surface area (Å²) >= 11 is 0. The van der Waals surface area contributed by atoms with Crippen molar-refractivity contribution in [3.05, 3.63) is 29.8 Å². The molecule has 2 heterocycles. The van der Waals surface area contributed by atoms with Gasteiger partial charge in [0, 0.05) is 18.5 Å². The van der Waals surface area contributed by atoms with E-state index in [9.17, 15) is 36.0 Å². The van der Waals surface area contributed by atoms with Gasteiger partial charge >= 0.3 is 12.1 Å². The number of nitrogens with zero attached hydrogens (tertiary/aromatic N) is 2. The van der Waals surface area contributed by atoms with E-state index in [-0.39, 0.29) is 42.2 Å². The number of carbonyl (C=O) groups is 3. The number of amides is 2. The number of esters is 1. The lowest BCUT2D eigenvalue weighted by Crippen LogP contribution is -2.42. The van der Waals surface area contributed by atoms with E-state index < -0.39 is 51.5 Å². The van der Waals surface area contributed by atoms with Crippen molar-refractivity contribution in [3.63, 3.8) is 0 Å². The topological polar surface area (TPSA) is 122 Å². The van der Waals surface area contributed by atoms with Gasteiger partial charge < -0.3 is 10.1 Å². The maximum Gasteiger partial charge on any atom is 0.416 e. The van der Waals surface area contributed by atoms with Gasteiger partial charge in [-0.25, -0.2) is 18.2 Å². The van der Waals surface area contributed by atoms with Gasteiger partial charge in [0.15, 0.2) is 15.9 Å². The monoisotopic (exact) mass is 475 g/mol. The first kappa shape index (κ1) is 23.7. The molecule has 0 unspecified atom stereocenters. The van der Waals surface area contributed by atoms with Crippen LogP contribution in [-0.2, 0) is 35.1 Å². The van der Waals surface area contributed by atoms with E-state index in [1.165, 1.54) is 13.0 Å². The van der Waals surface area contributed by atoms with Gasteiger partial charge in [0.1, 0.15) is 5.71 Å². The van der Waals surface area contributed by atoms with Crippen LogP contribution in [0.25, 0.3) is 0 Å². The molecule has 3 rings (SSSR count). The molecule has 2 aliphatic heterocycles. The molecule has 0 bridgehead atoms. The number of hydrazone groups is 1. The Morgan fingerprint density at radius 3 is 2.62 bits per heavy atom. The Hall–Kier alpha value is -2.96. The Labute approximate surface area is 181 Å². The first-order valence-corrected chi connectivity index (χ1v) is 11.5.